The second kappa shape index (κ2) is 3.01. The average molecular weight is 169 g/mol. The van der Waals surface area contributed by atoms with Crippen LogP contribution in [0.4, 0.5) is 13.2 Å². The first-order valence-corrected chi connectivity index (χ1v) is 3.00. The molecule has 1 heterocycles. The SMILES string of the molecule is C.FC(F)(F)c1cscn1. The number of nitrogens with zero attached hydrogens (tertiary/aromatic N) is 1. The van der Waals surface area contributed by atoms with Gasteiger partial charge >= 0.3 is 6.18 Å². The van der Waals surface area contributed by atoms with Crippen LogP contribution < -0.4 is 0 Å². The van der Waals surface area contributed by atoms with E-state index in [9.17, 15) is 13.2 Å². The molecule has 10 heavy (non-hydrogen) atoms. The average Bonchev–Trinajstić information content (AvgIpc) is 2.08. The van der Waals surface area contributed by atoms with Crippen molar-refractivity contribution in [1.82, 2.24) is 4.98 Å². The Bertz CT molecular complexity index is 179. The van der Waals surface area contributed by atoms with Gasteiger partial charge in [-0.2, -0.15) is 13.2 Å². The van der Waals surface area contributed by atoms with Gasteiger partial charge < -0.3 is 0 Å². The summed E-state index contributed by atoms with van der Waals surface area (Å²) in [7, 11) is 0. The van der Waals surface area contributed by atoms with Crippen LogP contribution in [0.3, 0.4) is 0 Å². The molecule has 0 unspecified atom stereocenters. The van der Waals surface area contributed by atoms with E-state index in [2.05, 4.69) is 4.98 Å². The molecule has 5 heteroatoms. The minimum atomic E-state index is -4.28. The highest BCUT2D eigenvalue weighted by Crippen LogP contribution is 2.28. The largest absolute Gasteiger partial charge is 0.434 e. The second-order valence-corrected chi connectivity index (χ2v) is 2.09. The molecule has 1 nitrogen and oxygen atoms in total. The third-order valence-corrected chi connectivity index (χ3v) is 1.31. The fraction of sp³-hybridized carbons (Fsp3) is 0.400. The topological polar surface area (TPSA) is 12.9 Å². The summed E-state index contributed by atoms with van der Waals surface area (Å²) in [5, 5.41) is 0.972. The molecule has 0 aliphatic carbocycles. The maximum Gasteiger partial charge on any atom is 0.434 e. The molecule has 0 fully saturated rings. The van der Waals surface area contributed by atoms with Gasteiger partial charge in [-0.25, -0.2) is 4.98 Å². The molecular formula is C5H6F3NS. The lowest BCUT2D eigenvalue weighted by Crippen LogP contribution is -2.04. The summed E-state index contributed by atoms with van der Waals surface area (Å²) in [5.74, 6) is 0. The van der Waals surface area contributed by atoms with Gasteiger partial charge in [0, 0.05) is 5.38 Å². The van der Waals surface area contributed by atoms with E-state index >= 15 is 0 Å². The molecule has 0 saturated carbocycles. The molecule has 1 rings (SSSR count). The van der Waals surface area contributed by atoms with Gasteiger partial charge in [0.25, 0.3) is 0 Å². The quantitative estimate of drug-likeness (QED) is 0.582. The first-order chi connectivity index (χ1) is 4.11. The molecule has 0 saturated heterocycles. The Kier molecular flexibility index (Phi) is 2.83. The molecule has 0 radical (unpaired) electrons. The zero-order valence-electron chi connectivity index (χ0n) is 4.14. The number of hydrogen-bond acceptors (Lipinski definition) is 2. The Morgan fingerprint density at radius 1 is 1.40 bits per heavy atom. The standard InChI is InChI=1S/C4H2F3NS.CH4/c5-4(6,7)3-1-9-2-8-3;/h1-2H;1H4. The van der Waals surface area contributed by atoms with Crippen molar-refractivity contribution < 1.29 is 13.2 Å². The van der Waals surface area contributed by atoms with Crippen LogP contribution >= 0.6 is 11.3 Å². The summed E-state index contributed by atoms with van der Waals surface area (Å²) in [6.45, 7) is 0. The molecule has 58 valence electrons. The van der Waals surface area contributed by atoms with Crippen molar-refractivity contribution >= 4 is 11.3 Å². The molecular weight excluding hydrogens is 163 g/mol. The zero-order valence-corrected chi connectivity index (χ0v) is 4.96. The minimum absolute atomic E-state index is 0. The second-order valence-electron chi connectivity index (χ2n) is 1.37. The van der Waals surface area contributed by atoms with E-state index in [1.165, 1.54) is 0 Å². The zero-order chi connectivity index (χ0) is 6.91. The Morgan fingerprint density at radius 2 is 2.00 bits per heavy atom. The Hall–Kier alpha value is -0.580. The third-order valence-electron chi connectivity index (χ3n) is 0.723. The molecule has 0 bridgehead atoms. The molecule has 0 aliphatic rings. The van der Waals surface area contributed by atoms with E-state index in [-0.39, 0.29) is 7.43 Å². The monoisotopic (exact) mass is 169 g/mol. The summed E-state index contributed by atoms with van der Waals surface area (Å²) in [6.07, 6.45) is -4.28. The highest BCUT2D eigenvalue weighted by atomic mass is 32.1. The fourth-order valence-electron chi connectivity index (χ4n) is 0.353. The minimum Gasteiger partial charge on any atom is -0.240 e. The van der Waals surface area contributed by atoms with Gasteiger partial charge in [-0.15, -0.1) is 11.3 Å². The van der Waals surface area contributed by atoms with E-state index in [1.807, 2.05) is 0 Å². The van der Waals surface area contributed by atoms with E-state index in [0.29, 0.717) is 0 Å². The van der Waals surface area contributed by atoms with Crippen LogP contribution in [-0.2, 0) is 6.18 Å². The molecule has 0 aromatic carbocycles. The number of rotatable bonds is 0. The van der Waals surface area contributed by atoms with Crippen LogP contribution in [0.15, 0.2) is 10.9 Å². The summed E-state index contributed by atoms with van der Waals surface area (Å²) >= 11 is 0.935. The van der Waals surface area contributed by atoms with Gasteiger partial charge in [0.15, 0.2) is 5.69 Å². The summed E-state index contributed by atoms with van der Waals surface area (Å²) in [5.41, 5.74) is 0.343. The van der Waals surface area contributed by atoms with Crippen molar-refractivity contribution in [2.75, 3.05) is 0 Å². The van der Waals surface area contributed by atoms with E-state index in [4.69, 9.17) is 0 Å². The normalized spacial score (nSPS) is 10.7. The lowest BCUT2D eigenvalue weighted by Gasteiger charge is -1.98. The number of hydrogen-bond donors (Lipinski definition) is 0. The number of halogens is 3. The van der Waals surface area contributed by atoms with Crippen LogP contribution in [0.5, 0.6) is 0 Å². The van der Waals surface area contributed by atoms with Crippen molar-refractivity contribution in [2.24, 2.45) is 0 Å². The Morgan fingerprint density at radius 3 is 2.20 bits per heavy atom. The fourth-order valence-corrected chi connectivity index (χ4v) is 0.911. The highest BCUT2D eigenvalue weighted by Gasteiger charge is 2.32. The highest BCUT2D eigenvalue weighted by molar-refractivity contribution is 7.07. The maximum absolute atomic E-state index is 11.6. The molecule has 1 aromatic heterocycles. The van der Waals surface area contributed by atoms with Gasteiger partial charge in [0.2, 0.25) is 0 Å². The molecule has 0 N–H and O–H groups in total. The van der Waals surface area contributed by atoms with Crippen molar-refractivity contribution in [1.29, 1.82) is 0 Å². The molecule has 1 aromatic rings. The lowest BCUT2D eigenvalue weighted by molar-refractivity contribution is -0.140. The van der Waals surface area contributed by atoms with Crippen molar-refractivity contribution in [3.63, 3.8) is 0 Å². The predicted octanol–water partition coefficient (Wildman–Crippen LogP) is 2.80. The number of aromatic nitrogens is 1. The van der Waals surface area contributed by atoms with Crippen molar-refractivity contribution in [2.45, 2.75) is 13.6 Å². The van der Waals surface area contributed by atoms with Gasteiger partial charge in [0.1, 0.15) is 0 Å². The van der Waals surface area contributed by atoms with Gasteiger partial charge in [-0.3, -0.25) is 0 Å². The first-order valence-electron chi connectivity index (χ1n) is 2.06. The summed E-state index contributed by atoms with van der Waals surface area (Å²) < 4.78 is 34.7. The first kappa shape index (κ1) is 9.42. The number of thiazole rings is 1. The predicted molar refractivity (Wildman–Crippen MR) is 33.8 cm³/mol. The van der Waals surface area contributed by atoms with E-state index in [0.717, 1.165) is 22.2 Å². The maximum atomic E-state index is 11.6. The van der Waals surface area contributed by atoms with Gasteiger partial charge in [-0.1, -0.05) is 7.43 Å². The number of alkyl halides is 3. The Balaban J connectivity index is 0.000000810. The van der Waals surface area contributed by atoms with Crippen molar-refractivity contribution in [3.05, 3.63) is 16.6 Å². The van der Waals surface area contributed by atoms with Crippen LogP contribution in [0.1, 0.15) is 13.1 Å². The smallest absolute Gasteiger partial charge is 0.240 e. The van der Waals surface area contributed by atoms with Crippen LogP contribution in [0, 0.1) is 0 Å². The van der Waals surface area contributed by atoms with Gasteiger partial charge in [0.05, 0.1) is 5.51 Å². The van der Waals surface area contributed by atoms with Gasteiger partial charge in [-0.05, 0) is 0 Å². The van der Waals surface area contributed by atoms with Crippen LogP contribution in [0.25, 0.3) is 0 Å². The molecule has 0 atom stereocenters. The summed E-state index contributed by atoms with van der Waals surface area (Å²) in [6, 6.07) is 0. The van der Waals surface area contributed by atoms with E-state index < -0.39 is 11.9 Å². The van der Waals surface area contributed by atoms with Crippen LogP contribution in [-0.4, -0.2) is 4.98 Å². The van der Waals surface area contributed by atoms with Crippen LogP contribution in [0.2, 0.25) is 0 Å². The lowest BCUT2D eigenvalue weighted by atomic mass is 10.5. The van der Waals surface area contributed by atoms with E-state index in [1.54, 1.807) is 0 Å². The Labute approximate surface area is 60.5 Å². The van der Waals surface area contributed by atoms with Crippen molar-refractivity contribution in [3.8, 4) is 0 Å². The molecule has 0 amide bonds. The molecule has 0 aliphatic heterocycles. The molecule has 0 spiro atoms. The summed E-state index contributed by atoms with van der Waals surface area (Å²) in [4.78, 5) is 3.08. The third kappa shape index (κ3) is 1.98.